The molecule has 1 saturated heterocycles. The maximum Gasteiger partial charge on any atom is 0.322 e. The van der Waals surface area contributed by atoms with Crippen LogP contribution in [0.25, 0.3) is 0 Å². The van der Waals surface area contributed by atoms with Crippen LogP contribution in [-0.2, 0) is 4.79 Å². The lowest BCUT2D eigenvalue weighted by Crippen LogP contribution is -2.46. The molecule has 2 N–H and O–H groups in total. The summed E-state index contributed by atoms with van der Waals surface area (Å²) in [4.78, 5) is 22.5. The Bertz CT molecular complexity index is 242. The SMILES string of the molecule is O=C1NC(=O)C2(CCCCCC2)N1. The summed E-state index contributed by atoms with van der Waals surface area (Å²) < 4.78 is 0. The van der Waals surface area contributed by atoms with Gasteiger partial charge in [-0.1, -0.05) is 25.7 Å². The molecule has 1 spiro atoms. The topological polar surface area (TPSA) is 58.2 Å². The molecular weight excluding hydrogens is 168 g/mol. The lowest BCUT2D eigenvalue weighted by molar-refractivity contribution is -0.124. The summed E-state index contributed by atoms with van der Waals surface area (Å²) in [7, 11) is 0. The highest BCUT2D eigenvalue weighted by Crippen LogP contribution is 2.29. The summed E-state index contributed by atoms with van der Waals surface area (Å²) >= 11 is 0. The number of urea groups is 1. The predicted molar refractivity (Wildman–Crippen MR) is 47.1 cm³/mol. The van der Waals surface area contributed by atoms with Crippen molar-refractivity contribution in [3.63, 3.8) is 0 Å². The average molecular weight is 182 g/mol. The van der Waals surface area contributed by atoms with Crippen LogP contribution in [0.15, 0.2) is 0 Å². The molecule has 1 saturated carbocycles. The van der Waals surface area contributed by atoms with Crippen LogP contribution in [-0.4, -0.2) is 17.5 Å². The zero-order valence-corrected chi connectivity index (χ0v) is 7.56. The van der Waals surface area contributed by atoms with Crippen LogP contribution in [0.3, 0.4) is 0 Å². The summed E-state index contributed by atoms with van der Waals surface area (Å²) in [6.07, 6.45) is 6.01. The van der Waals surface area contributed by atoms with Gasteiger partial charge in [-0.2, -0.15) is 0 Å². The first kappa shape index (κ1) is 8.53. The summed E-state index contributed by atoms with van der Waals surface area (Å²) in [5.74, 6) is -0.126. The molecule has 1 heterocycles. The van der Waals surface area contributed by atoms with Crippen LogP contribution < -0.4 is 10.6 Å². The second kappa shape index (κ2) is 3.01. The molecule has 4 heteroatoms. The van der Waals surface area contributed by atoms with E-state index in [1.165, 1.54) is 12.8 Å². The molecule has 0 atom stereocenters. The van der Waals surface area contributed by atoms with E-state index in [0.717, 1.165) is 25.7 Å². The molecule has 1 aliphatic carbocycles. The van der Waals surface area contributed by atoms with E-state index in [0.29, 0.717) is 0 Å². The van der Waals surface area contributed by atoms with E-state index in [2.05, 4.69) is 10.6 Å². The minimum atomic E-state index is -0.562. The largest absolute Gasteiger partial charge is 0.323 e. The molecule has 72 valence electrons. The van der Waals surface area contributed by atoms with Gasteiger partial charge in [-0.25, -0.2) is 4.79 Å². The second-order valence-corrected chi connectivity index (χ2v) is 3.90. The second-order valence-electron chi connectivity index (χ2n) is 3.90. The molecule has 3 amide bonds. The number of hydrogen-bond acceptors (Lipinski definition) is 2. The molecule has 2 fully saturated rings. The first-order valence-electron chi connectivity index (χ1n) is 4.87. The Morgan fingerprint density at radius 1 is 1.00 bits per heavy atom. The highest BCUT2D eigenvalue weighted by Gasteiger charge is 2.45. The Balaban J connectivity index is 2.17. The van der Waals surface area contributed by atoms with Crippen molar-refractivity contribution in [2.75, 3.05) is 0 Å². The molecule has 1 aliphatic heterocycles. The van der Waals surface area contributed by atoms with Crippen LogP contribution in [0.5, 0.6) is 0 Å². The van der Waals surface area contributed by atoms with Gasteiger partial charge in [0.1, 0.15) is 5.54 Å². The van der Waals surface area contributed by atoms with Gasteiger partial charge in [0, 0.05) is 0 Å². The molecular formula is C9H14N2O2. The Morgan fingerprint density at radius 2 is 1.62 bits per heavy atom. The Kier molecular flexibility index (Phi) is 1.98. The summed E-state index contributed by atoms with van der Waals surface area (Å²) in [6.45, 7) is 0. The lowest BCUT2D eigenvalue weighted by atomic mass is 9.91. The van der Waals surface area contributed by atoms with Crippen molar-refractivity contribution in [2.24, 2.45) is 0 Å². The van der Waals surface area contributed by atoms with Gasteiger partial charge in [-0.3, -0.25) is 10.1 Å². The van der Waals surface area contributed by atoms with Gasteiger partial charge in [0.25, 0.3) is 5.91 Å². The van der Waals surface area contributed by atoms with E-state index in [9.17, 15) is 9.59 Å². The molecule has 0 aromatic rings. The van der Waals surface area contributed by atoms with Crippen molar-refractivity contribution in [3.05, 3.63) is 0 Å². The third-order valence-electron chi connectivity index (χ3n) is 2.97. The van der Waals surface area contributed by atoms with E-state index in [-0.39, 0.29) is 11.9 Å². The summed E-state index contributed by atoms with van der Waals surface area (Å²) in [5, 5.41) is 5.08. The maximum atomic E-state index is 11.5. The van der Waals surface area contributed by atoms with Gasteiger partial charge in [0.2, 0.25) is 0 Å². The zero-order valence-electron chi connectivity index (χ0n) is 7.56. The van der Waals surface area contributed by atoms with Crippen LogP contribution in [0.1, 0.15) is 38.5 Å². The minimum absolute atomic E-state index is 0.126. The van der Waals surface area contributed by atoms with E-state index in [1.54, 1.807) is 0 Å². The Labute approximate surface area is 77.1 Å². The van der Waals surface area contributed by atoms with E-state index in [1.807, 2.05) is 0 Å². The number of rotatable bonds is 0. The van der Waals surface area contributed by atoms with Crippen molar-refractivity contribution in [3.8, 4) is 0 Å². The standard InChI is InChI=1S/C9H14N2O2/c12-7-9(11-8(13)10-7)5-3-1-2-4-6-9/h1-6H2,(H2,10,11,12,13). The van der Waals surface area contributed by atoms with Crippen molar-refractivity contribution in [2.45, 2.75) is 44.1 Å². The van der Waals surface area contributed by atoms with Gasteiger partial charge >= 0.3 is 6.03 Å². The average Bonchev–Trinajstić information content (AvgIpc) is 2.29. The molecule has 4 nitrogen and oxygen atoms in total. The monoisotopic (exact) mass is 182 g/mol. The predicted octanol–water partition coefficient (Wildman–Crippen LogP) is 0.919. The van der Waals surface area contributed by atoms with Gasteiger partial charge in [0.05, 0.1) is 0 Å². The fourth-order valence-electron chi connectivity index (χ4n) is 2.21. The quantitative estimate of drug-likeness (QED) is 0.547. The zero-order chi connectivity index (χ0) is 9.31. The fraction of sp³-hybridized carbons (Fsp3) is 0.778. The number of amides is 3. The Hall–Kier alpha value is -1.06. The van der Waals surface area contributed by atoms with Crippen molar-refractivity contribution >= 4 is 11.9 Å². The number of carbonyl (C=O) groups excluding carboxylic acids is 2. The van der Waals surface area contributed by atoms with Crippen molar-refractivity contribution in [1.29, 1.82) is 0 Å². The molecule has 0 bridgehead atoms. The summed E-state index contributed by atoms with van der Waals surface area (Å²) in [6, 6.07) is -0.327. The third kappa shape index (κ3) is 1.41. The lowest BCUT2D eigenvalue weighted by Gasteiger charge is -2.23. The summed E-state index contributed by atoms with van der Waals surface area (Å²) in [5.41, 5.74) is -0.562. The van der Waals surface area contributed by atoms with Gasteiger partial charge in [-0.05, 0) is 12.8 Å². The molecule has 0 radical (unpaired) electrons. The van der Waals surface area contributed by atoms with Crippen LogP contribution >= 0.6 is 0 Å². The first-order valence-corrected chi connectivity index (χ1v) is 4.87. The maximum absolute atomic E-state index is 11.5. The number of hydrogen-bond donors (Lipinski definition) is 2. The van der Waals surface area contributed by atoms with Crippen molar-refractivity contribution in [1.82, 2.24) is 10.6 Å². The first-order chi connectivity index (χ1) is 6.23. The number of nitrogens with one attached hydrogen (secondary N) is 2. The van der Waals surface area contributed by atoms with E-state index >= 15 is 0 Å². The fourth-order valence-corrected chi connectivity index (χ4v) is 2.21. The number of imide groups is 1. The normalized spacial score (nSPS) is 26.8. The molecule has 2 rings (SSSR count). The van der Waals surface area contributed by atoms with E-state index in [4.69, 9.17) is 0 Å². The minimum Gasteiger partial charge on any atom is -0.323 e. The van der Waals surface area contributed by atoms with Crippen molar-refractivity contribution < 1.29 is 9.59 Å². The van der Waals surface area contributed by atoms with Crippen LogP contribution in [0.2, 0.25) is 0 Å². The number of carbonyl (C=O) groups is 2. The van der Waals surface area contributed by atoms with Crippen LogP contribution in [0, 0.1) is 0 Å². The molecule has 0 aromatic heterocycles. The van der Waals surface area contributed by atoms with Gasteiger partial charge < -0.3 is 5.32 Å². The van der Waals surface area contributed by atoms with Gasteiger partial charge in [-0.15, -0.1) is 0 Å². The van der Waals surface area contributed by atoms with Crippen LogP contribution in [0.4, 0.5) is 4.79 Å². The third-order valence-corrected chi connectivity index (χ3v) is 2.97. The highest BCUT2D eigenvalue weighted by atomic mass is 16.2. The van der Waals surface area contributed by atoms with E-state index < -0.39 is 5.54 Å². The van der Waals surface area contributed by atoms with Gasteiger partial charge in [0.15, 0.2) is 0 Å². The molecule has 0 unspecified atom stereocenters. The Morgan fingerprint density at radius 3 is 2.08 bits per heavy atom. The smallest absolute Gasteiger partial charge is 0.322 e. The molecule has 2 aliphatic rings. The molecule has 13 heavy (non-hydrogen) atoms. The molecule has 0 aromatic carbocycles. The highest BCUT2D eigenvalue weighted by molar-refractivity contribution is 6.06.